The van der Waals surface area contributed by atoms with E-state index in [1.807, 2.05) is 17.0 Å². The number of nitrogens with zero attached hydrogens (tertiary/aromatic N) is 1. The van der Waals surface area contributed by atoms with Crippen LogP contribution in [0.1, 0.15) is 35.4 Å². The van der Waals surface area contributed by atoms with Crippen LogP contribution in [0.5, 0.6) is 11.5 Å². The molecular formula is C21H23ClN2O3. The van der Waals surface area contributed by atoms with E-state index in [0.717, 1.165) is 18.4 Å². The summed E-state index contributed by atoms with van der Waals surface area (Å²) in [7, 11) is 0. The highest BCUT2D eigenvalue weighted by Gasteiger charge is 2.22. The van der Waals surface area contributed by atoms with Crippen LogP contribution in [0.3, 0.4) is 0 Å². The fourth-order valence-electron chi connectivity index (χ4n) is 3.38. The first-order chi connectivity index (χ1) is 13.1. The van der Waals surface area contributed by atoms with Gasteiger partial charge in [0.05, 0.1) is 0 Å². The molecule has 0 bridgehead atoms. The van der Waals surface area contributed by atoms with Crippen LogP contribution in [0.25, 0.3) is 6.08 Å². The smallest absolute Gasteiger partial charge is 0.246 e. The van der Waals surface area contributed by atoms with Crippen LogP contribution in [0.15, 0.2) is 48.5 Å². The lowest BCUT2D eigenvalue weighted by Gasteiger charge is -2.31. The molecule has 0 radical (unpaired) electrons. The molecule has 0 atom stereocenters. The normalized spacial score (nSPS) is 15.4. The zero-order valence-corrected chi connectivity index (χ0v) is 15.7. The number of hydrogen-bond acceptors (Lipinski definition) is 4. The van der Waals surface area contributed by atoms with E-state index in [1.54, 1.807) is 12.1 Å². The minimum Gasteiger partial charge on any atom is -0.504 e. The molecule has 142 valence electrons. The molecular weight excluding hydrogens is 364 g/mol. The topological polar surface area (TPSA) is 72.8 Å². The molecule has 6 heteroatoms. The van der Waals surface area contributed by atoms with Crippen LogP contribution in [0.4, 0.5) is 0 Å². The number of halogens is 1. The van der Waals surface area contributed by atoms with Gasteiger partial charge in [-0.15, -0.1) is 0 Å². The van der Waals surface area contributed by atoms with Crippen molar-refractivity contribution in [3.8, 4) is 11.5 Å². The van der Waals surface area contributed by atoms with E-state index >= 15 is 0 Å². The van der Waals surface area contributed by atoms with Crippen molar-refractivity contribution >= 4 is 23.8 Å². The first kappa shape index (κ1) is 19.3. The maximum atomic E-state index is 12.4. The zero-order valence-electron chi connectivity index (χ0n) is 14.9. The first-order valence-electron chi connectivity index (χ1n) is 8.98. The number of aromatic hydroxyl groups is 2. The molecule has 3 N–H and O–H groups in total. The summed E-state index contributed by atoms with van der Waals surface area (Å²) in [6, 6.07) is 12.9. The Morgan fingerprint density at radius 3 is 2.63 bits per heavy atom. The lowest BCUT2D eigenvalue weighted by atomic mass is 9.88. The van der Waals surface area contributed by atoms with Crippen LogP contribution in [-0.4, -0.2) is 34.1 Å². The number of likely N-dealkylation sites (tertiary alicyclic amines) is 1. The van der Waals surface area contributed by atoms with Crippen molar-refractivity contribution in [2.75, 3.05) is 13.1 Å². The number of phenols is 2. The van der Waals surface area contributed by atoms with E-state index < -0.39 is 0 Å². The summed E-state index contributed by atoms with van der Waals surface area (Å²) in [6.45, 7) is 2.06. The molecule has 0 aliphatic carbocycles. The Labute approximate surface area is 164 Å². The third-order valence-corrected chi connectivity index (χ3v) is 5.05. The number of hydrogen-bond donors (Lipinski definition) is 3. The summed E-state index contributed by atoms with van der Waals surface area (Å²) in [5.41, 5.74) is 3.11. The third kappa shape index (κ3) is 5.02. The molecule has 1 heterocycles. The van der Waals surface area contributed by atoms with Crippen molar-refractivity contribution < 1.29 is 15.0 Å². The molecule has 1 amide bonds. The highest BCUT2D eigenvalue weighted by atomic mass is 35.5. The molecule has 1 fully saturated rings. The van der Waals surface area contributed by atoms with Crippen molar-refractivity contribution in [1.82, 2.24) is 9.74 Å². The van der Waals surface area contributed by atoms with Gasteiger partial charge >= 0.3 is 0 Å². The van der Waals surface area contributed by atoms with Gasteiger partial charge < -0.3 is 15.1 Å². The maximum absolute atomic E-state index is 12.4. The van der Waals surface area contributed by atoms with E-state index in [0.29, 0.717) is 31.1 Å². The van der Waals surface area contributed by atoms with Crippen LogP contribution >= 0.6 is 11.8 Å². The van der Waals surface area contributed by atoms with Crippen LogP contribution in [-0.2, 0) is 11.3 Å². The molecule has 1 saturated heterocycles. The van der Waals surface area contributed by atoms with Gasteiger partial charge in [0.2, 0.25) is 5.91 Å². The van der Waals surface area contributed by atoms with Crippen molar-refractivity contribution in [2.24, 2.45) is 0 Å². The molecule has 1 aliphatic heterocycles. The fraction of sp³-hybridized carbons (Fsp3) is 0.286. The van der Waals surface area contributed by atoms with Crippen molar-refractivity contribution in [3.63, 3.8) is 0 Å². The Morgan fingerprint density at radius 2 is 1.93 bits per heavy atom. The monoisotopic (exact) mass is 386 g/mol. The highest BCUT2D eigenvalue weighted by molar-refractivity contribution is 6.13. The molecule has 0 saturated carbocycles. The van der Waals surface area contributed by atoms with Crippen molar-refractivity contribution in [2.45, 2.75) is 25.3 Å². The van der Waals surface area contributed by atoms with Crippen molar-refractivity contribution in [3.05, 3.63) is 65.2 Å². The lowest BCUT2D eigenvalue weighted by Crippen LogP contribution is -2.36. The maximum Gasteiger partial charge on any atom is 0.246 e. The quantitative estimate of drug-likeness (QED) is 0.415. The van der Waals surface area contributed by atoms with Gasteiger partial charge in [-0.3, -0.25) is 4.79 Å². The second-order valence-corrected chi connectivity index (χ2v) is 7.00. The van der Waals surface area contributed by atoms with E-state index in [2.05, 4.69) is 17.0 Å². The predicted octanol–water partition coefficient (Wildman–Crippen LogP) is 3.76. The minimum atomic E-state index is -0.197. The largest absolute Gasteiger partial charge is 0.504 e. The molecule has 0 spiro atoms. The third-order valence-electron chi connectivity index (χ3n) is 4.92. The van der Waals surface area contributed by atoms with Gasteiger partial charge in [0.25, 0.3) is 0 Å². The van der Waals surface area contributed by atoms with Gasteiger partial charge in [-0.25, -0.2) is 4.84 Å². The van der Waals surface area contributed by atoms with Crippen molar-refractivity contribution in [1.29, 1.82) is 0 Å². The van der Waals surface area contributed by atoms with Crippen LogP contribution in [0.2, 0.25) is 0 Å². The lowest BCUT2D eigenvalue weighted by molar-refractivity contribution is -0.126. The first-order valence-corrected chi connectivity index (χ1v) is 9.36. The molecule has 0 aromatic heterocycles. The van der Waals surface area contributed by atoms with Crippen LogP contribution < -0.4 is 4.84 Å². The van der Waals surface area contributed by atoms with E-state index in [9.17, 15) is 15.0 Å². The Kier molecular flexibility index (Phi) is 6.37. The average Bonchev–Trinajstić information content (AvgIpc) is 2.69. The van der Waals surface area contributed by atoms with Crippen LogP contribution in [0, 0.1) is 0 Å². The molecule has 2 aromatic carbocycles. The van der Waals surface area contributed by atoms with E-state index in [-0.39, 0.29) is 17.4 Å². The van der Waals surface area contributed by atoms with Gasteiger partial charge in [0.1, 0.15) is 0 Å². The molecule has 3 rings (SSSR count). The number of carbonyl (C=O) groups is 1. The molecule has 1 aliphatic rings. The standard InChI is InChI=1S/C21H23ClN2O3/c22-23-14-16-2-1-3-18(12-16)17-8-10-24(11-9-17)21(27)7-5-15-4-6-19(25)20(26)13-15/h1-7,12-13,17,23,25-26H,8-11,14H2/b7-5+. The number of amides is 1. The second-order valence-electron chi connectivity index (χ2n) is 6.74. The summed E-state index contributed by atoms with van der Waals surface area (Å²) in [5, 5.41) is 18.8. The summed E-state index contributed by atoms with van der Waals surface area (Å²) in [4.78, 5) is 16.9. The minimum absolute atomic E-state index is 0.0406. The Hall–Kier alpha value is -2.50. The van der Waals surface area contributed by atoms with E-state index in [4.69, 9.17) is 11.8 Å². The average molecular weight is 387 g/mol. The Balaban J connectivity index is 1.56. The Morgan fingerprint density at radius 1 is 1.15 bits per heavy atom. The number of piperidine rings is 1. The molecule has 5 nitrogen and oxygen atoms in total. The summed E-state index contributed by atoms with van der Waals surface area (Å²) >= 11 is 5.59. The summed E-state index contributed by atoms with van der Waals surface area (Å²) < 4.78 is 0. The summed E-state index contributed by atoms with van der Waals surface area (Å²) in [6.07, 6.45) is 5.02. The molecule has 27 heavy (non-hydrogen) atoms. The predicted molar refractivity (Wildman–Crippen MR) is 106 cm³/mol. The molecule has 0 unspecified atom stereocenters. The highest BCUT2D eigenvalue weighted by Crippen LogP contribution is 2.29. The van der Waals surface area contributed by atoms with Gasteiger partial charge in [-0.1, -0.05) is 30.3 Å². The second kappa shape index (κ2) is 8.93. The van der Waals surface area contributed by atoms with Gasteiger partial charge in [-0.05, 0) is 65.4 Å². The zero-order chi connectivity index (χ0) is 19.2. The van der Waals surface area contributed by atoms with Gasteiger partial charge in [0.15, 0.2) is 11.5 Å². The van der Waals surface area contributed by atoms with Gasteiger partial charge in [-0.2, -0.15) is 0 Å². The van der Waals surface area contributed by atoms with Gasteiger partial charge in [0, 0.05) is 25.7 Å². The number of nitrogens with one attached hydrogen (secondary N) is 1. The number of rotatable bonds is 5. The SMILES string of the molecule is O=C(/C=C/c1ccc(O)c(O)c1)N1CCC(c2cccc(CNCl)c2)CC1. The summed E-state index contributed by atoms with van der Waals surface area (Å²) in [5.74, 6) is 0.0342. The number of benzene rings is 2. The number of phenolic OH excluding ortho intramolecular Hbond substituents is 2. The molecule has 2 aromatic rings. The van der Waals surface area contributed by atoms with E-state index in [1.165, 1.54) is 23.8 Å². The fourth-order valence-corrected chi connectivity index (χ4v) is 3.54. The Bertz CT molecular complexity index is 830. The number of carbonyl (C=O) groups excluding carboxylic acids is 1.